The first-order chi connectivity index (χ1) is 23.0. The van der Waals surface area contributed by atoms with Gasteiger partial charge in [-0.25, -0.2) is 0 Å². The summed E-state index contributed by atoms with van der Waals surface area (Å²) in [5.74, 6) is -0.543. The summed E-state index contributed by atoms with van der Waals surface area (Å²) in [6, 6.07) is 13.4. The molecule has 0 radical (unpaired) electrons. The third kappa shape index (κ3) is 5.55. The minimum absolute atomic E-state index is 0.0283. The smallest absolute Gasteiger partial charge is 0.264 e. The molecule has 3 aromatic rings. The molecule has 0 unspecified atom stereocenters. The van der Waals surface area contributed by atoms with Gasteiger partial charge in [-0.3, -0.25) is 19.1 Å². The van der Waals surface area contributed by atoms with Crippen molar-refractivity contribution in [2.75, 3.05) is 34.4 Å². The zero-order valence-electron chi connectivity index (χ0n) is 27.8. The molecular formula is C35H43FN6O5Si. The minimum atomic E-state index is -3.38. The van der Waals surface area contributed by atoms with E-state index in [1.165, 1.54) is 0 Å². The maximum absolute atomic E-state index is 16.4. The maximum Gasteiger partial charge on any atom is 0.264 e. The van der Waals surface area contributed by atoms with Crippen molar-refractivity contribution >= 4 is 43.2 Å². The van der Waals surface area contributed by atoms with Crippen molar-refractivity contribution < 1.29 is 28.3 Å². The average Bonchev–Trinajstić information content (AvgIpc) is 3.88. The molecule has 13 heteroatoms. The van der Waals surface area contributed by atoms with Crippen LogP contribution < -0.4 is 14.7 Å². The number of amides is 3. The standard InChI is InChI=1S/C35H43FN6O5Si/c1-23-33(48(2,3)36)30(14-18-39-22-25(15-19-43)37-38-39)47-35(23)28-20-27(41-17-5-7-32(41)45)12-13-29(28)42(34(35)46)21-24-8-10-26(11-9-24)40-16-4-6-31(40)44/h8-13,20,22-23,30,33,43H,4-7,14-19,21H2,1-3H3/t23-,30+,33-,35+/m1/s1. The maximum atomic E-state index is 16.4. The highest BCUT2D eigenvalue weighted by molar-refractivity contribution is 6.72. The van der Waals surface area contributed by atoms with E-state index >= 15 is 4.11 Å². The van der Waals surface area contributed by atoms with Crippen LogP contribution in [0.5, 0.6) is 0 Å². The van der Waals surface area contributed by atoms with Crippen LogP contribution in [0, 0.1) is 5.92 Å². The molecule has 4 aliphatic rings. The third-order valence-electron chi connectivity index (χ3n) is 10.6. The number of hydrogen-bond donors (Lipinski definition) is 1. The number of fused-ring (bicyclic) bond motifs is 2. The number of ether oxygens (including phenoxy) is 1. The van der Waals surface area contributed by atoms with Gasteiger partial charge in [0, 0.05) is 80.1 Å². The molecule has 5 heterocycles. The number of carbonyl (C=O) groups is 3. The summed E-state index contributed by atoms with van der Waals surface area (Å²) in [5, 5.41) is 17.6. The summed E-state index contributed by atoms with van der Waals surface area (Å²) >= 11 is 0. The number of aryl methyl sites for hydroxylation is 1. The fourth-order valence-electron chi connectivity index (χ4n) is 8.37. The quantitative estimate of drug-likeness (QED) is 0.249. The lowest BCUT2D eigenvalue weighted by Gasteiger charge is -2.31. The number of aliphatic hydroxyl groups excluding tert-OH is 1. The van der Waals surface area contributed by atoms with Gasteiger partial charge < -0.3 is 28.7 Å². The van der Waals surface area contributed by atoms with Crippen molar-refractivity contribution in [3.8, 4) is 0 Å². The van der Waals surface area contributed by atoms with E-state index in [4.69, 9.17) is 4.74 Å². The van der Waals surface area contributed by atoms with Crippen molar-refractivity contribution in [2.24, 2.45) is 5.92 Å². The van der Waals surface area contributed by atoms with Crippen molar-refractivity contribution in [1.29, 1.82) is 0 Å². The van der Waals surface area contributed by atoms with E-state index in [1.54, 1.807) is 38.7 Å². The number of aliphatic hydroxyl groups is 1. The van der Waals surface area contributed by atoms with Gasteiger partial charge in [-0.1, -0.05) is 24.3 Å². The second-order valence-corrected chi connectivity index (χ2v) is 17.9. The molecule has 0 aliphatic carbocycles. The molecule has 1 N–H and O–H groups in total. The number of rotatable bonds is 10. The van der Waals surface area contributed by atoms with Crippen LogP contribution in [0.1, 0.15) is 55.8 Å². The molecule has 0 saturated carbocycles. The van der Waals surface area contributed by atoms with Crippen LogP contribution in [0.15, 0.2) is 48.7 Å². The van der Waals surface area contributed by atoms with E-state index in [0.717, 1.165) is 29.8 Å². The Hall–Kier alpha value is -3.94. The van der Waals surface area contributed by atoms with Crippen LogP contribution >= 0.6 is 0 Å². The summed E-state index contributed by atoms with van der Waals surface area (Å²) in [7, 11) is -3.38. The van der Waals surface area contributed by atoms with Gasteiger partial charge in [0.2, 0.25) is 20.2 Å². The Labute approximate surface area is 280 Å². The molecule has 0 bridgehead atoms. The molecule has 254 valence electrons. The Morgan fingerprint density at radius 1 is 1.00 bits per heavy atom. The number of anilines is 3. The van der Waals surface area contributed by atoms with Crippen molar-refractivity contribution in [1.82, 2.24) is 15.0 Å². The van der Waals surface area contributed by atoms with Gasteiger partial charge >= 0.3 is 0 Å². The van der Waals surface area contributed by atoms with E-state index in [9.17, 15) is 19.5 Å². The zero-order valence-corrected chi connectivity index (χ0v) is 28.8. The first-order valence-corrected chi connectivity index (χ1v) is 20.0. The number of halogens is 1. The van der Waals surface area contributed by atoms with Crippen LogP contribution in [-0.2, 0) is 44.2 Å². The van der Waals surface area contributed by atoms with E-state index in [-0.39, 0.29) is 30.9 Å². The van der Waals surface area contributed by atoms with Crippen LogP contribution in [0.2, 0.25) is 18.6 Å². The van der Waals surface area contributed by atoms with Gasteiger partial charge in [-0.05, 0) is 68.3 Å². The predicted octanol–water partition coefficient (Wildman–Crippen LogP) is 4.48. The molecule has 1 spiro atoms. The topological polar surface area (TPSA) is 121 Å². The predicted molar refractivity (Wildman–Crippen MR) is 181 cm³/mol. The highest BCUT2D eigenvalue weighted by Gasteiger charge is 2.66. The van der Waals surface area contributed by atoms with E-state index < -0.39 is 31.6 Å². The number of hydrogen-bond acceptors (Lipinski definition) is 7. The number of aromatic nitrogens is 3. The molecule has 2 aromatic carbocycles. The molecule has 3 fully saturated rings. The van der Waals surface area contributed by atoms with Crippen molar-refractivity contribution in [3.05, 3.63) is 65.5 Å². The van der Waals surface area contributed by atoms with Crippen LogP contribution in [0.4, 0.5) is 21.2 Å². The Kier molecular flexibility index (Phi) is 8.49. The molecule has 7 rings (SSSR count). The Bertz CT molecular complexity index is 1730. The molecule has 11 nitrogen and oxygen atoms in total. The summed E-state index contributed by atoms with van der Waals surface area (Å²) in [4.78, 5) is 45.3. The number of carbonyl (C=O) groups excluding carboxylic acids is 3. The Morgan fingerprint density at radius 3 is 2.29 bits per heavy atom. The monoisotopic (exact) mass is 674 g/mol. The highest BCUT2D eigenvalue weighted by Crippen LogP contribution is 2.60. The molecule has 4 aliphatic heterocycles. The molecule has 1 aromatic heterocycles. The SMILES string of the molecule is C[C@@H]1[C@@H]([Si](C)(C)F)[C@H](CCn2cc(CCO)nn2)O[C@@]12C(=O)N(Cc1ccc(N3CCCC3=O)cc1)c1ccc(N3CCCC3=O)cc12. The largest absolute Gasteiger partial charge is 0.396 e. The van der Waals surface area contributed by atoms with Crippen LogP contribution in [0.3, 0.4) is 0 Å². The van der Waals surface area contributed by atoms with Gasteiger partial charge in [0.25, 0.3) is 5.91 Å². The molecule has 48 heavy (non-hydrogen) atoms. The fourth-order valence-corrected chi connectivity index (χ4v) is 10.9. The molecule has 3 amide bonds. The van der Waals surface area contributed by atoms with Crippen molar-refractivity contribution in [2.45, 2.75) is 88.9 Å². The highest BCUT2D eigenvalue weighted by atomic mass is 28.4. The van der Waals surface area contributed by atoms with E-state index in [2.05, 4.69) is 10.3 Å². The Balaban J connectivity index is 1.24. The minimum Gasteiger partial charge on any atom is -0.396 e. The first kappa shape index (κ1) is 32.6. The van der Waals surface area contributed by atoms with Gasteiger partial charge in [0.1, 0.15) is 0 Å². The van der Waals surface area contributed by atoms with E-state index in [1.807, 2.05) is 49.4 Å². The lowest BCUT2D eigenvalue weighted by atomic mass is 9.82. The van der Waals surface area contributed by atoms with Crippen molar-refractivity contribution in [3.63, 3.8) is 0 Å². The summed E-state index contributed by atoms with van der Waals surface area (Å²) in [5.41, 5.74) is 2.59. The lowest BCUT2D eigenvalue weighted by molar-refractivity contribution is -0.146. The lowest BCUT2D eigenvalue weighted by Crippen LogP contribution is -2.45. The Morgan fingerprint density at radius 2 is 1.67 bits per heavy atom. The van der Waals surface area contributed by atoms with Gasteiger partial charge in [0.15, 0.2) is 5.60 Å². The molecule has 3 saturated heterocycles. The first-order valence-electron chi connectivity index (χ1n) is 17.0. The normalized spacial score (nSPS) is 25.7. The van der Waals surface area contributed by atoms with Gasteiger partial charge in [-0.15, -0.1) is 5.10 Å². The van der Waals surface area contributed by atoms with Gasteiger partial charge in [0.05, 0.1) is 24.0 Å². The second kappa shape index (κ2) is 12.5. The van der Waals surface area contributed by atoms with Crippen LogP contribution in [0.25, 0.3) is 0 Å². The fraction of sp³-hybridized carbons (Fsp3) is 0.514. The van der Waals surface area contributed by atoms with Crippen LogP contribution in [-0.4, -0.2) is 72.0 Å². The average molecular weight is 675 g/mol. The molecule has 4 atom stereocenters. The zero-order chi connectivity index (χ0) is 33.8. The number of benzene rings is 2. The number of nitrogens with zero attached hydrogens (tertiary/aromatic N) is 6. The third-order valence-corrected chi connectivity index (χ3v) is 13.0. The summed E-state index contributed by atoms with van der Waals surface area (Å²) < 4.78 is 25.0. The second-order valence-electron chi connectivity index (χ2n) is 14.1. The summed E-state index contributed by atoms with van der Waals surface area (Å²) in [6.07, 6.45) is 4.70. The molecular weight excluding hydrogens is 632 g/mol. The summed E-state index contributed by atoms with van der Waals surface area (Å²) in [6.45, 7) is 7.28. The van der Waals surface area contributed by atoms with Gasteiger partial charge in [-0.2, -0.15) is 0 Å². The van der Waals surface area contributed by atoms with E-state index in [0.29, 0.717) is 62.3 Å².